The number of hydrazone groups is 1. The Balaban J connectivity index is 1.53. The van der Waals surface area contributed by atoms with Crippen molar-refractivity contribution in [1.29, 1.82) is 0 Å². The lowest BCUT2D eigenvalue weighted by Crippen LogP contribution is -2.39. The predicted molar refractivity (Wildman–Crippen MR) is 135 cm³/mol. The minimum atomic E-state index is -0.893. The number of anilines is 1. The van der Waals surface area contributed by atoms with Gasteiger partial charge in [0.05, 0.1) is 12.3 Å². The van der Waals surface area contributed by atoms with Crippen molar-refractivity contribution in [1.82, 2.24) is 10.7 Å². The number of nitrogens with one attached hydrogen (secondary N) is 3. The highest BCUT2D eigenvalue weighted by atomic mass is 16.5. The summed E-state index contributed by atoms with van der Waals surface area (Å²) in [5, 5.41) is 9.32. The number of ether oxygens (including phenoxy) is 1. The minimum Gasteiger partial charge on any atom is -0.483 e. The molecule has 0 saturated heterocycles. The number of rotatable bonds is 8. The highest BCUT2D eigenvalue weighted by molar-refractivity contribution is 6.35. The predicted octanol–water partition coefficient (Wildman–Crippen LogP) is 3.65. The van der Waals surface area contributed by atoms with Crippen LogP contribution in [0.2, 0.25) is 0 Å². The van der Waals surface area contributed by atoms with Gasteiger partial charge < -0.3 is 15.4 Å². The van der Waals surface area contributed by atoms with E-state index in [9.17, 15) is 14.4 Å². The number of aryl methyl sites for hydroxylation is 2. The Hall–Kier alpha value is -4.46. The number of hydrogen-bond acceptors (Lipinski definition) is 5. The summed E-state index contributed by atoms with van der Waals surface area (Å²) in [6.45, 7) is 5.45. The number of nitrogens with zero attached hydrogens (tertiary/aromatic N) is 1. The van der Waals surface area contributed by atoms with Crippen molar-refractivity contribution >= 4 is 29.6 Å². The summed E-state index contributed by atoms with van der Waals surface area (Å²) in [6, 6.07) is 21.7. The van der Waals surface area contributed by atoms with Crippen LogP contribution in [0, 0.1) is 13.8 Å². The zero-order valence-corrected chi connectivity index (χ0v) is 19.9. The van der Waals surface area contributed by atoms with E-state index in [4.69, 9.17) is 4.74 Å². The molecule has 1 atom stereocenters. The molecule has 0 fully saturated rings. The standard InChI is InChI=1S/C27H28N4O4/c1-18-13-14-19(2)23(15-18)30-25(32)17-35-24-12-8-7-11-22(24)16-28-31-27(34)26(33)29-20(3)21-9-5-4-6-10-21/h4-16,20H,17H2,1-3H3,(H,29,33)(H,30,32)(H,31,34). The Kier molecular flexibility index (Phi) is 8.72. The van der Waals surface area contributed by atoms with Crippen molar-refractivity contribution in [3.05, 3.63) is 95.1 Å². The molecular formula is C27H28N4O4. The molecule has 0 spiro atoms. The molecule has 3 N–H and O–H groups in total. The molecule has 0 aromatic heterocycles. The number of para-hydroxylation sites is 1. The highest BCUT2D eigenvalue weighted by Crippen LogP contribution is 2.18. The third kappa shape index (κ3) is 7.53. The second-order valence-corrected chi connectivity index (χ2v) is 8.00. The van der Waals surface area contributed by atoms with Crippen molar-refractivity contribution in [2.24, 2.45) is 5.10 Å². The third-order valence-electron chi connectivity index (χ3n) is 5.17. The Bertz CT molecular complexity index is 1220. The van der Waals surface area contributed by atoms with Gasteiger partial charge in [0.25, 0.3) is 5.91 Å². The molecule has 3 aromatic carbocycles. The van der Waals surface area contributed by atoms with Gasteiger partial charge in [0.1, 0.15) is 5.75 Å². The van der Waals surface area contributed by atoms with E-state index in [1.165, 1.54) is 6.21 Å². The summed E-state index contributed by atoms with van der Waals surface area (Å²) in [5.74, 6) is -1.59. The maximum Gasteiger partial charge on any atom is 0.329 e. The molecule has 1 unspecified atom stereocenters. The third-order valence-corrected chi connectivity index (χ3v) is 5.17. The van der Waals surface area contributed by atoms with Crippen LogP contribution in [0.5, 0.6) is 5.75 Å². The number of hydrogen-bond donors (Lipinski definition) is 3. The van der Waals surface area contributed by atoms with Crippen molar-refractivity contribution in [2.45, 2.75) is 26.8 Å². The summed E-state index contributed by atoms with van der Waals surface area (Å²) < 4.78 is 5.65. The average Bonchev–Trinajstić information content (AvgIpc) is 2.86. The molecule has 0 aliphatic rings. The fraction of sp³-hybridized carbons (Fsp3) is 0.185. The van der Waals surface area contributed by atoms with Crippen LogP contribution in [0.4, 0.5) is 5.69 Å². The van der Waals surface area contributed by atoms with E-state index in [-0.39, 0.29) is 18.6 Å². The van der Waals surface area contributed by atoms with Crippen LogP contribution in [0.1, 0.15) is 35.2 Å². The van der Waals surface area contributed by atoms with Gasteiger partial charge >= 0.3 is 11.8 Å². The Morgan fingerprint density at radius 1 is 0.943 bits per heavy atom. The lowest BCUT2D eigenvalue weighted by Gasteiger charge is -2.13. The first-order valence-electron chi connectivity index (χ1n) is 11.1. The van der Waals surface area contributed by atoms with Gasteiger partial charge in [0.15, 0.2) is 6.61 Å². The number of amides is 3. The van der Waals surface area contributed by atoms with Gasteiger partial charge in [0.2, 0.25) is 0 Å². The molecule has 180 valence electrons. The number of benzene rings is 3. The first-order valence-corrected chi connectivity index (χ1v) is 11.1. The molecule has 8 heteroatoms. The summed E-state index contributed by atoms with van der Waals surface area (Å²) >= 11 is 0. The summed E-state index contributed by atoms with van der Waals surface area (Å²) in [7, 11) is 0. The monoisotopic (exact) mass is 472 g/mol. The Morgan fingerprint density at radius 3 is 2.43 bits per heavy atom. The molecule has 0 bridgehead atoms. The van der Waals surface area contributed by atoms with Gasteiger partial charge in [-0.1, -0.05) is 54.6 Å². The van der Waals surface area contributed by atoms with Gasteiger partial charge in [-0.05, 0) is 55.7 Å². The summed E-state index contributed by atoms with van der Waals surface area (Å²) in [4.78, 5) is 36.6. The average molecular weight is 473 g/mol. The van der Waals surface area contributed by atoms with Crippen molar-refractivity contribution in [2.75, 3.05) is 11.9 Å². The van der Waals surface area contributed by atoms with E-state index in [1.54, 1.807) is 31.2 Å². The molecule has 0 aliphatic carbocycles. The van der Waals surface area contributed by atoms with Crippen LogP contribution in [0.3, 0.4) is 0 Å². The van der Waals surface area contributed by atoms with E-state index < -0.39 is 11.8 Å². The first-order chi connectivity index (χ1) is 16.8. The molecule has 0 radical (unpaired) electrons. The molecular weight excluding hydrogens is 444 g/mol. The van der Waals surface area contributed by atoms with Gasteiger partial charge in [0, 0.05) is 11.3 Å². The lowest BCUT2D eigenvalue weighted by atomic mass is 10.1. The SMILES string of the molecule is Cc1ccc(C)c(NC(=O)COc2ccccc2C=NNC(=O)C(=O)NC(C)c2ccccc2)c1. The van der Waals surface area contributed by atoms with Crippen LogP contribution >= 0.6 is 0 Å². The van der Waals surface area contributed by atoms with Gasteiger partial charge in [-0.25, -0.2) is 5.43 Å². The molecule has 3 amide bonds. The quantitative estimate of drug-likeness (QED) is 0.264. The first kappa shape index (κ1) is 25.2. The zero-order valence-electron chi connectivity index (χ0n) is 19.9. The highest BCUT2D eigenvalue weighted by Gasteiger charge is 2.16. The molecule has 8 nitrogen and oxygen atoms in total. The normalized spacial score (nSPS) is 11.5. The Labute approximate surface area is 204 Å². The summed E-state index contributed by atoms with van der Waals surface area (Å²) in [6.07, 6.45) is 1.35. The van der Waals surface area contributed by atoms with Crippen molar-refractivity contribution in [3.8, 4) is 5.75 Å². The van der Waals surface area contributed by atoms with E-state index in [0.29, 0.717) is 11.3 Å². The van der Waals surface area contributed by atoms with Crippen LogP contribution < -0.4 is 20.8 Å². The molecule has 3 aromatic rings. The fourth-order valence-electron chi connectivity index (χ4n) is 3.22. The minimum absolute atomic E-state index is 0.204. The smallest absolute Gasteiger partial charge is 0.329 e. The lowest BCUT2D eigenvalue weighted by molar-refractivity contribution is -0.139. The van der Waals surface area contributed by atoms with Gasteiger partial charge in [-0.15, -0.1) is 0 Å². The summed E-state index contributed by atoms with van der Waals surface area (Å²) in [5.41, 5.74) is 6.35. The molecule has 35 heavy (non-hydrogen) atoms. The van der Waals surface area contributed by atoms with Crippen molar-refractivity contribution < 1.29 is 19.1 Å². The van der Waals surface area contributed by atoms with E-state index in [0.717, 1.165) is 22.4 Å². The number of carbonyl (C=O) groups excluding carboxylic acids is 3. The largest absolute Gasteiger partial charge is 0.483 e. The van der Waals surface area contributed by atoms with Crippen LogP contribution in [-0.2, 0) is 14.4 Å². The van der Waals surface area contributed by atoms with Gasteiger partial charge in [-0.2, -0.15) is 5.10 Å². The van der Waals surface area contributed by atoms with E-state index in [2.05, 4.69) is 21.2 Å². The number of carbonyl (C=O) groups is 3. The van der Waals surface area contributed by atoms with Crippen LogP contribution in [0.15, 0.2) is 77.9 Å². The molecule has 0 saturated carbocycles. The van der Waals surface area contributed by atoms with Gasteiger partial charge in [-0.3, -0.25) is 14.4 Å². The fourth-order valence-corrected chi connectivity index (χ4v) is 3.22. The maximum absolute atomic E-state index is 12.4. The molecule has 0 aliphatic heterocycles. The van der Waals surface area contributed by atoms with Crippen LogP contribution in [0.25, 0.3) is 0 Å². The van der Waals surface area contributed by atoms with E-state index in [1.807, 2.05) is 62.4 Å². The second kappa shape index (κ2) is 12.1. The van der Waals surface area contributed by atoms with Crippen molar-refractivity contribution in [3.63, 3.8) is 0 Å². The van der Waals surface area contributed by atoms with Crippen LogP contribution in [-0.4, -0.2) is 30.5 Å². The Morgan fingerprint density at radius 2 is 1.66 bits per heavy atom. The zero-order chi connectivity index (χ0) is 25.2. The molecule has 0 heterocycles. The second-order valence-electron chi connectivity index (χ2n) is 8.00. The maximum atomic E-state index is 12.4. The van der Waals surface area contributed by atoms with E-state index >= 15 is 0 Å². The topological polar surface area (TPSA) is 109 Å². The molecule has 3 rings (SSSR count).